The van der Waals surface area contributed by atoms with Crippen molar-refractivity contribution in [3.63, 3.8) is 0 Å². The smallest absolute Gasteiger partial charge is 0.258 e. The van der Waals surface area contributed by atoms with Gasteiger partial charge in [-0.2, -0.15) is 5.10 Å². The predicted molar refractivity (Wildman–Crippen MR) is 143 cm³/mol. The number of anilines is 2. The van der Waals surface area contributed by atoms with Gasteiger partial charge >= 0.3 is 0 Å². The summed E-state index contributed by atoms with van der Waals surface area (Å²) in [7, 11) is 1.85. The van der Waals surface area contributed by atoms with Gasteiger partial charge in [-0.1, -0.05) is 30.2 Å². The number of aromatic nitrogens is 1. The summed E-state index contributed by atoms with van der Waals surface area (Å²) in [6.45, 7) is 2.29. The van der Waals surface area contributed by atoms with Crippen LogP contribution in [-0.2, 0) is 6.54 Å². The highest BCUT2D eigenvalue weighted by Crippen LogP contribution is 2.18. The molecule has 0 spiro atoms. The first kappa shape index (κ1) is 24.9. The molecule has 0 atom stereocenters. The van der Waals surface area contributed by atoms with Gasteiger partial charge in [0.15, 0.2) is 0 Å². The number of pyridine rings is 1. The van der Waals surface area contributed by atoms with Gasteiger partial charge in [-0.25, -0.2) is 4.98 Å². The standard InChI is InChI=1S/C29H25N5O3/c1-3-7-21-13-16-27(30-18-21)33-29(36)25-9-4-5-10-26(25)32-28(35)23-14-11-22(12-15-23)19-31-34(2)20-24-8-6-17-37-24/h4-6,8-19H,20H2,1-2H3,(H,32,35)(H,30,33,36). The summed E-state index contributed by atoms with van der Waals surface area (Å²) < 4.78 is 5.32. The predicted octanol–water partition coefficient (Wildman–Crippen LogP) is 5.02. The molecule has 37 heavy (non-hydrogen) atoms. The first-order valence-corrected chi connectivity index (χ1v) is 11.5. The molecule has 0 bridgehead atoms. The van der Waals surface area contributed by atoms with Crippen molar-refractivity contribution in [1.82, 2.24) is 9.99 Å². The van der Waals surface area contributed by atoms with Crippen molar-refractivity contribution >= 4 is 29.5 Å². The van der Waals surface area contributed by atoms with Crippen LogP contribution in [0.2, 0.25) is 0 Å². The van der Waals surface area contributed by atoms with Crippen molar-refractivity contribution in [2.75, 3.05) is 17.7 Å². The fourth-order valence-electron chi connectivity index (χ4n) is 3.41. The Morgan fingerprint density at radius 1 is 1.00 bits per heavy atom. The number of furan rings is 1. The molecule has 0 aliphatic carbocycles. The van der Waals surface area contributed by atoms with Crippen LogP contribution in [0.1, 0.15) is 44.5 Å². The molecule has 0 aliphatic heterocycles. The largest absolute Gasteiger partial charge is 0.467 e. The van der Waals surface area contributed by atoms with Gasteiger partial charge in [-0.15, -0.1) is 5.92 Å². The quantitative estimate of drug-likeness (QED) is 0.205. The van der Waals surface area contributed by atoms with Crippen LogP contribution in [0.3, 0.4) is 0 Å². The molecule has 0 saturated carbocycles. The number of carbonyl (C=O) groups is 2. The fourth-order valence-corrected chi connectivity index (χ4v) is 3.41. The van der Waals surface area contributed by atoms with Crippen LogP contribution in [0.5, 0.6) is 0 Å². The number of carbonyl (C=O) groups excluding carboxylic acids is 2. The zero-order valence-corrected chi connectivity index (χ0v) is 20.4. The molecular formula is C29H25N5O3. The van der Waals surface area contributed by atoms with Gasteiger partial charge in [-0.05, 0) is 61.0 Å². The summed E-state index contributed by atoms with van der Waals surface area (Å²) in [6.07, 6.45) is 4.92. The van der Waals surface area contributed by atoms with E-state index in [1.54, 1.807) is 91.3 Å². The minimum atomic E-state index is -0.386. The van der Waals surface area contributed by atoms with E-state index in [0.717, 1.165) is 16.9 Å². The molecule has 8 nitrogen and oxygen atoms in total. The number of hydrazone groups is 1. The second-order valence-electron chi connectivity index (χ2n) is 8.02. The lowest BCUT2D eigenvalue weighted by molar-refractivity contribution is 0.102. The maximum atomic E-state index is 12.9. The normalized spacial score (nSPS) is 10.4. The SMILES string of the molecule is CC#Cc1ccc(NC(=O)c2ccccc2NC(=O)c2ccc(C=NN(C)Cc3ccco3)cc2)nc1. The molecule has 2 aromatic carbocycles. The third kappa shape index (κ3) is 6.93. The van der Waals surface area contributed by atoms with E-state index < -0.39 is 0 Å². The molecule has 2 aromatic heterocycles. The summed E-state index contributed by atoms with van der Waals surface area (Å²) in [4.78, 5) is 30.0. The summed E-state index contributed by atoms with van der Waals surface area (Å²) in [5.41, 5.74) is 2.75. The molecule has 0 aliphatic rings. The lowest BCUT2D eigenvalue weighted by Gasteiger charge is -2.12. The summed E-state index contributed by atoms with van der Waals surface area (Å²) >= 11 is 0. The third-order valence-electron chi connectivity index (χ3n) is 5.24. The fraction of sp³-hybridized carbons (Fsp3) is 0.103. The van der Waals surface area contributed by atoms with Gasteiger partial charge in [-0.3, -0.25) is 14.6 Å². The van der Waals surface area contributed by atoms with Crippen molar-refractivity contribution in [2.45, 2.75) is 13.5 Å². The first-order chi connectivity index (χ1) is 18.0. The second kappa shape index (κ2) is 12.0. The Labute approximate surface area is 215 Å². The Morgan fingerprint density at radius 3 is 2.51 bits per heavy atom. The maximum absolute atomic E-state index is 12.9. The molecule has 0 unspecified atom stereocenters. The summed E-state index contributed by atoms with van der Waals surface area (Å²) in [5, 5.41) is 11.7. The zero-order chi connectivity index (χ0) is 26.0. The topological polar surface area (TPSA) is 99.8 Å². The second-order valence-corrected chi connectivity index (χ2v) is 8.02. The van der Waals surface area contributed by atoms with Crippen molar-refractivity contribution < 1.29 is 14.0 Å². The van der Waals surface area contributed by atoms with Crippen LogP contribution in [0.25, 0.3) is 0 Å². The average molecular weight is 492 g/mol. The maximum Gasteiger partial charge on any atom is 0.258 e. The number of para-hydroxylation sites is 1. The van der Waals surface area contributed by atoms with Crippen molar-refractivity contribution in [1.29, 1.82) is 0 Å². The molecular weight excluding hydrogens is 466 g/mol. The monoisotopic (exact) mass is 491 g/mol. The Kier molecular flexibility index (Phi) is 8.09. The molecule has 2 N–H and O–H groups in total. The highest BCUT2D eigenvalue weighted by Gasteiger charge is 2.15. The molecule has 0 saturated heterocycles. The molecule has 4 rings (SSSR count). The van der Waals surface area contributed by atoms with Crippen molar-refractivity contribution in [3.05, 3.63) is 113 Å². The van der Waals surface area contributed by atoms with E-state index in [9.17, 15) is 9.59 Å². The third-order valence-corrected chi connectivity index (χ3v) is 5.24. The minimum absolute atomic E-state index is 0.318. The number of hydrogen-bond donors (Lipinski definition) is 2. The first-order valence-electron chi connectivity index (χ1n) is 11.5. The lowest BCUT2D eigenvalue weighted by Crippen LogP contribution is -2.18. The molecule has 0 radical (unpaired) electrons. The van der Waals surface area contributed by atoms with Crippen LogP contribution in [0.4, 0.5) is 11.5 Å². The highest BCUT2D eigenvalue weighted by atomic mass is 16.3. The van der Waals surface area contributed by atoms with E-state index in [1.165, 1.54) is 0 Å². The number of nitrogens with one attached hydrogen (secondary N) is 2. The summed E-state index contributed by atoms with van der Waals surface area (Å²) in [6, 6.07) is 21.0. The van der Waals surface area contributed by atoms with E-state index in [4.69, 9.17) is 4.42 Å². The molecule has 0 fully saturated rings. The van der Waals surface area contributed by atoms with Gasteiger partial charge in [0, 0.05) is 24.4 Å². The Bertz CT molecular complexity index is 1450. The Hall–Kier alpha value is -5.16. The van der Waals surface area contributed by atoms with Crippen LogP contribution in [-0.4, -0.2) is 35.1 Å². The van der Waals surface area contributed by atoms with E-state index in [2.05, 4.69) is 32.6 Å². The average Bonchev–Trinajstić information content (AvgIpc) is 3.42. The lowest BCUT2D eigenvalue weighted by atomic mass is 10.1. The van der Waals surface area contributed by atoms with Gasteiger partial charge < -0.3 is 15.1 Å². The molecule has 4 aromatic rings. The van der Waals surface area contributed by atoms with Gasteiger partial charge in [0.2, 0.25) is 0 Å². The number of rotatable bonds is 8. The molecule has 2 heterocycles. The van der Waals surface area contributed by atoms with Gasteiger partial charge in [0.25, 0.3) is 11.8 Å². The van der Waals surface area contributed by atoms with E-state index in [0.29, 0.717) is 29.2 Å². The Balaban J connectivity index is 1.39. The number of nitrogens with zero attached hydrogens (tertiary/aromatic N) is 3. The minimum Gasteiger partial charge on any atom is -0.467 e. The van der Waals surface area contributed by atoms with Crippen molar-refractivity contribution in [2.24, 2.45) is 5.10 Å². The van der Waals surface area contributed by atoms with Crippen LogP contribution in [0.15, 0.2) is 94.8 Å². The van der Waals surface area contributed by atoms with E-state index >= 15 is 0 Å². The number of benzene rings is 2. The van der Waals surface area contributed by atoms with Gasteiger partial charge in [0.1, 0.15) is 11.6 Å². The summed E-state index contributed by atoms with van der Waals surface area (Å²) in [5.74, 6) is 6.19. The van der Waals surface area contributed by atoms with Gasteiger partial charge in [0.05, 0.1) is 30.3 Å². The number of hydrogen-bond acceptors (Lipinski definition) is 6. The molecule has 184 valence electrons. The zero-order valence-electron chi connectivity index (χ0n) is 20.4. The Morgan fingerprint density at radius 2 is 1.81 bits per heavy atom. The van der Waals surface area contributed by atoms with Crippen LogP contribution < -0.4 is 10.6 Å². The number of amides is 2. The van der Waals surface area contributed by atoms with Crippen LogP contribution >= 0.6 is 0 Å². The molecule has 8 heteroatoms. The van der Waals surface area contributed by atoms with Crippen LogP contribution in [0, 0.1) is 11.8 Å². The molecule has 2 amide bonds. The van der Waals surface area contributed by atoms with E-state index in [1.807, 2.05) is 19.2 Å². The highest BCUT2D eigenvalue weighted by molar-refractivity contribution is 6.12. The van der Waals surface area contributed by atoms with E-state index in [-0.39, 0.29) is 11.8 Å². The van der Waals surface area contributed by atoms with Crippen molar-refractivity contribution in [3.8, 4) is 11.8 Å².